The van der Waals surface area contributed by atoms with E-state index >= 15 is 0 Å². The van der Waals surface area contributed by atoms with E-state index in [2.05, 4.69) is 5.32 Å². The Kier molecular flexibility index (Phi) is 2.75. The summed E-state index contributed by atoms with van der Waals surface area (Å²) in [6, 6.07) is 13.7. The Morgan fingerprint density at radius 2 is 1.79 bits per heavy atom. The summed E-state index contributed by atoms with van der Waals surface area (Å²) in [5.41, 5.74) is 2.30. The van der Waals surface area contributed by atoms with Gasteiger partial charge in [0.1, 0.15) is 5.58 Å². The smallest absolute Gasteiger partial charge is 0.227 e. The van der Waals surface area contributed by atoms with Gasteiger partial charge in [0.05, 0.1) is 5.69 Å². The minimum Gasteiger partial charge on any atom is -0.454 e. The van der Waals surface area contributed by atoms with E-state index in [0.29, 0.717) is 0 Å². The van der Waals surface area contributed by atoms with Gasteiger partial charge in [0.15, 0.2) is 5.58 Å². The molecule has 0 aliphatic heterocycles. The van der Waals surface area contributed by atoms with Crippen molar-refractivity contribution in [2.24, 2.45) is 5.92 Å². The first-order valence-corrected chi connectivity index (χ1v) is 6.38. The fourth-order valence-electron chi connectivity index (χ4n) is 2.12. The summed E-state index contributed by atoms with van der Waals surface area (Å²) in [6.45, 7) is 3.74. The van der Waals surface area contributed by atoms with Crippen LogP contribution < -0.4 is 5.32 Å². The summed E-state index contributed by atoms with van der Waals surface area (Å²) < 4.78 is 5.85. The zero-order valence-corrected chi connectivity index (χ0v) is 10.9. The SMILES string of the molecule is CC(C)C(=O)Nc1cccc2c1oc1ccccc12. The molecule has 1 aromatic heterocycles. The Hall–Kier alpha value is -2.29. The van der Waals surface area contributed by atoms with Gasteiger partial charge in [0.25, 0.3) is 0 Å². The quantitative estimate of drug-likeness (QED) is 0.744. The van der Waals surface area contributed by atoms with E-state index < -0.39 is 0 Å². The van der Waals surface area contributed by atoms with Crippen LogP contribution in [0.2, 0.25) is 0 Å². The predicted octanol–water partition coefficient (Wildman–Crippen LogP) is 4.18. The first kappa shape index (κ1) is 11.8. The second-order valence-electron chi connectivity index (χ2n) is 4.92. The first-order valence-electron chi connectivity index (χ1n) is 6.38. The van der Waals surface area contributed by atoms with Gasteiger partial charge in [-0.1, -0.05) is 44.2 Å². The van der Waals surface area contributed by atoms with E-state index in [-0.39, 0.29) is 11.8 Å². The molecule has 0 saturated heterocycles. The summed E-state index contributed by atoms with van der Waals surface area (Å²) in [7, 11) is 0. The molecule has 0 radical (unpaired) electrons. The number of fused-ring (bicyclic) bond motifs is 3. The maximum Gasteiger partial charge on any atom is 0.227 e. The topological polar surface area (TPSA) is 42.2 Å². The summed E-state index contributed by atoms with van der Waals surface area (Å²) in [4.78, 5) is 11.8. The molecule has 0 aliphatic carbocycles. The van der Waals surface area contributed by atoms with Crippen LogP contribution in [0.3, 0.4) is 0 Å². The third kappa shape index (κ3) is 1.97. The molecular weight excluding hydrogens is 238 g/mol. The van der Waals surface area contributed by atoms with E-state index in [1.165, 1.54) is 0 Å². The number of benzene rings is 2. The molecule has 0 bridgehead atoms. The summed E-state index contributed by atoms with van der Waals surface area (Å²) in [5, 5.41) is 5.01. The molecule has 0 unspecified atom stereocenters. The number of rotatable bonds is 2. The number of nitrogens with one attached hydrogen (secondary N) is 1. The van der Waals surface area contributed by atoms with Gasteiger partial charge in [0.2, 0.25) is 5.91 Å². The van der Waals surface area contributed by atoms with Gasteiger partial charge in [-0.3, -0.25) is 4.79 Å². The Balaban J connectivity index is 2.18. The number of carbonyl (C=O) groups is 1. The van der Waals surface area contributed by atoms with Crippen molar-refractivity contribution in [1.29, 1.82) is 0 Å². The van der Waals surface area contributed by atoms with E-state index in [4.69, 9.17) is 4.42 Å². The van der Waals surface area contributed by atoms with Crippen LogP contribution in [0.4, 0.5) is 5.69 Å². The molecule has 0 spiro atoms. The van der Waals surface area contributed by atoms with Crippen molar-refractivity contribution in [1.82, 2.24) is 0 Å². The van der Waals surface area contributed by atoms with E-state index in [1.807, 2.05) is 56.3 Å². The van der Waals surface area contributed by atoms with Crippen LogP contribution in [-0.2, 0) is 4.79 Å². The van der Waals surface area contributed by atoms with Gasteiger partial charge in [0, 0.05) is 16.7 Å². The highest BCUT2D eigenvalue weighted by Crippen LogP contribution is 2.33. The standard InChI is InChI=1S/C16H15NO2/c1-10(2)16(18)17-13-8-5-7-12-11-6-3-4-9-14(11)19-15(12)13/h3-10H,1-2H3,(H,17,18). The Labute approximate surface area is 111 Å². The average molecular weight is 253 g/mol. The van der Waals surface area contributed by atoms with Crippen LogP contribution in [0.15, 0.2) is 46.9 Å². The molecule has 1 heterocycles. The molecule has 1 amide bonds. The van der Waals surface area contributed by atoms with Gasteiger partial charge in [-0.2, -0.15) is 0 Å². The molecule has 96 valence electrons. The van der Waals surface area contributed by atoms with Crippen molar-refractivity contribution in [3.05, 3.63) is 42.5 Å². The molecular formula is C16H15NO2. The molecule has 0 saturated carbocycles. The molecule has 2 aromatic carbocycles. The monoisotopic (exact) mass is 253 g/mol. The number of furan rings is 1. The molecule has 19 heavy (non-hydrogen) atoms. The zero-order valence-electron chi connectivity index (χ0n) is 10.9. The lowest BCUT2D eigenvalue weighted by Crippen LogP contribution is -2.17. The Bertz CT molecular complexity index is 756. The van der Waals surface area contributed by atoms with Gasteiger partial charge >= 0.3 is 0 Å². The number of anilines is 1. The number of hydrogen-bond acceptors (Lipinski definition) is 2. The van der Waals surface area contributed by atoms with Gasteiger partial charge in [-0.25, -0.2) is 0 Å². The van der Waals surface area contributed by atoms with E-state index in [9.17, 15) is 4.79 Å². The number of carbonyl (C=O) groups excluding carboxylic acids is 1. The van der Waals surface area contributed by atoms with Gasteiger partial charge < -0.3 is 9.73 Å². The average Bonchev–Trinajstić information content (AvgIpc) is 2.78. The maximum atomic E-state index is 11.8. The number of para-hydroxylation sites is 2. The molecule has 0 atom stereocenters. The Morgan fingerprint density at radius 1 is 1.05 bits per heavy atom. The van der Waals surface area contributed by atoms with Crippen LogP contribution in [0.5, 0.6) is 0 Å². The predicted molar refractivity (Wildman–Crippen MR) is 77.2 cm³/mol. The fraction of sp³-hybridized carbons (Fsp3) is 0.188. The molecule has 3 rings (SSSR count). The van der Waals surface area contributed by atoms with Crippen LogP contribution in [-0.4, -0.2) is 5.91 Å². The Morgan fingerprint density at radius 3 is 2.58 bits per heavy atom. The number of amides is 1. The zero-order chi connectivity index (χ0) is 13.4. The van der Waals surface area contributed by atoms with Crippen LogP contribution in [0.25, 0.3) is 21.9 Å². The van der Waals surface area contributed by atoms with Gasteiger partial charge in [-0.05, 0) is 12.1 Å². The normalized spacial score (nSPS) is 11.3. The summed E-state index contributed by atoms with van der Waals surface area (Å²) >= 11 is 0. The molecule has 3 heteroatoms. The van der Waals surface area contributed by atoms with E-state index in [0.717, 1.165) is 27.6 Å². The van der Waals surface area contributed by atoms with Crippen LogP contribution in [0, 0.1) is 5.92 Å². The first-order chi connectivity index (χ1) is 9.16. The molecule has 3 aromatic rings. The third-order valence-electron chi connectivity index (χ3n) is 3.19. The summed E-state index contributed by atoms with van der Waals surface area (Å²) in [6.07, 6.45) is 0. The maximum absolute atomic E-state index is 11.8. The highest BCUT2D eigenvalue weighted by atomic mass is 16.3. The van der Waals surface area contributed by atoms with Gasteiger partial charge in [-0.15, -0.1) is 0 Å². The third-order valence-corrected chi connectivity index (χ3v) is 3.19. The lowest BCUT2D eigenvalue weighted by molar-refractivity contribution is -0.118. The van der Waals surface area contributed by atoms with E-state index in [1.54, 1.807) is 0 Å². The largest absolute Gasteiger partial charge is 0.454 e. The minimum atomic E-state index is -0.0559. The van der Waals surface area contributed by atoms with Crippen molar-refractivity contribution in [3.8, 4) is 0 Å². The van der Waals surface area contributed by atoms with Crippen molar-refractivity contribution >= 4 is 33.5 Å². The summed E-state index contributed by atoms with van der Waals surface area (Å²) in [5.74, 6) is -0.0624. The molecule has 3 nitrogen and oxygen atoms in total. The fourth-order valence-corrected chi connectivity index (χ4v) is 2.12. The van der Waals surface area contributed by atoms with Crippen LogP contribution in [0.1, 0.15) is 13.8 Å². The minimum absolute atomic E-state index is 0.00652. The highest BCUT2D eigenvalue weighted by molar-refractivity contribution is 6.11. The lowest BCUT2D eigenvalue weighted by Gasteiger charge is -2.07. The van der Waals surface area contributed by atoms with Crippen LogP contribution >= 0.6 is 0 Å². The van der Waals surface area contributed by atoms with Crippen molar-refractivity contribution < 1.29 is 9.21 Å². The van der Waals surface area contributed by atoms with Crippen molar-refractivity contribution in [2.45, 2.75) is 13.8 Å². The molecule has 0 aliphatic rings. The highest BCUT2D eigenvalue weighted by Gasteiger charge is 2.13. The second-order valence-corrected chi connectivity index (χ2v) is 4.92. The second kappa shape index (κ2) is 4.43. The lowest BCUT2D eigenvalue weighted by atomic mass is 10.1. The molecule has 1 N–H and O–H groups in total. The number of hydrogen-bond donors (Lipinski definition) is 1. The van der Waals surface area contributed by atoms with Crippen molar-refractivity contribution in [2.75, 3.05) is 5.32 Å². The van der Waals surface area contributed by atoms with Crippen molar-refractivity contribution in [3.63, 3.8) is 0 Å². The molecule has 0 fully saturated rings.